The Bertz CT molecular complexity index is 664. The van der Waals surface area contributed by atoms with Crippen molar-refractivity contribution in [3.63, 3.8) is 0 Å². The van der Waals surface area contributed by atoms with E-state index in [1.54, 1.807) is 11.0 Å². The molecule has 0 unspecified atom stereocenters. The highest BCUT2D eigenvalue weighted by Gasteiger charge is 2.35. The van der Waals surface area contributed by atoms with E-state index in [1.807, 2.05) is 20.8 Å². The number of alkyl halides is 1. The van der Waals surface area contributed by atoms with Crippen LogP contribution in [0, 0.1) is 0 Å². The molecular weight excluding hydrogens is 381 g/mol. The van der Waals surface area contributed by atoms with Gasteiger partial charge in [-0.3, -0.25) is 4.79 Å². The molecule has 1 aromatic heterocycles. The molecule has 0 bridgehead atoms. The molecule has 0 radical (unpaired) electrons. The molecular formula is C17H23Cl2N3O4. The summed E-state index contributed by atoms with van der Waals surface area (Å²) in [6.45, 7) is 6.69. The van der Waals surface area contributed by atoms with Crippen LogP contribution in [0.1, 0.15) is 32.8 Å². The molecule has 1 atom stereocenters. The average molecular weight is 404 g/mol. The summed E-state index contributed by atoms with van der Waals surface area (Å²) in [5, 5.41) is 2.91. The summed E-state index contributed by atoms with van der Waals surface area (Å²) in [5.41, 5.74) is 0.0980. The Balaban J connectivity index is 1.89. The van der Waals surface area contributed by atoms with Gasteiger partial charge in [0.05, 0.1) is 12.2 Å². The summed E-state index contributed by atoms with van der Waals surface area (Å²) in [6, 6.07) is 1.67. The second-order valence-corrected chi connectivity index (χ2v) is 7.58. The van der Waals surface area contributed by atoms with Gasteiger partial charge in [0.25, 0.3) is 0 Å². The molecule has 2 amide bonds. The normalized spacial score (nSPS) is 16.7. The Labute approximate surface area is 162 Å². The van der Waals surface area contributed by atoms with E-state index in [1.165, 1.54) is 6.20 Å². The third kappa shape index (κ3) is 5.92. The third-order valence-electron chi connectivity index (χ3n) is 3.70. The van der Waals surface area contributed by atoms with Gasteiger partial charge in [0, 0.05) is 18.7 Å². The Morgan fingerprint density at radius 2 is 2.15 bits per heavy atom. The van der Waals surface area contributed by atoms with Gasteiger partial charge < -0.3 is 19.7 Å². The predicted molar refractivity (Wildman–Crippen MR) is 98.7 cm³/mol. The highest BCUT2D eigenvalue weighted by molar-refractivity contribution is 6.30. The minimum Gasteiger partial charge on any atom is -0.490 e. The van der Waals surface area contributed by atoms with Crippen molar-refractivity contribution >= 4 is 35.2 Å². The first-order valence-corrected chi connectivity index (χ1v) is 9.20. The third-order valence-corrected chi connectivity index (χ3v) is 4.28. The molecule has 2 rings (SSSR count). The number of rotatable bonds is 6. The Hall–Kier alpha value is -1.73. The minimum absolute atomic E-state index is 0.0417. The molecule has 1 saturated heterocycles. The summed E-state index contributed by atoms with van der Waals surface area (Å²) >= 11 is 11.5. The van der Waals surface area contributed by atoms with Crippen LogP contribution in [0.2, 0.25) is 5.15 Å². The maximum atomic E-state index is 12.1. The largest absolute Gasteiger partial charge is 0.490 e. The fourth-order valence-corrected chi connectivity index (χ4v) is 2.55. The molecule has 0 spiro atoms. The van der Waals surface area contributed by atoms with Crippen molar-refractivity contribution in [1.82, 2.24) is 15.2 Å². The van der Waals surface area contributed by atoms with Crippen molar-refractivity contribution in [2.24, 2.45) is 0 Å². The van der Waals surface area contributed by atoms with Crippen molar-refractivity contribution in [3.05, 3.63) is 23.0 Å². The number of likely N-dealkylation sites (tertiary alicyclic amines) is 1. The van der Waals surface area contributed by atoms with Crippen molar-refractivity contribution < 1.29 is 19.1 Å². The van der Waals surface area contributed by atoms with Gasteiger partial charge in [-0.2, -0.15) is 0 Å². The number of hydrogen-bond acceptors (Lipinski definition) is 5. The van der Waals surface area contributed by atoms with Gasteiger partial charge in [0.15, 0.2) is 0 Å². The lowest BCUT2D eigenvalue weighted by Crippen LogP contribution is -2.55. The van der Waals surface area contributed by atoms with Crippen LogP contribution >= 0.6 is 23.2 Å². The van der Waals surface area contributed by atoms with E-state index in [0.717, 1.165) is 6.42 Å². The van der Waals surface area contributed by atoms with Gasteiger partial charge in [-0.05, 0) is 33.3 Å². The van der Waals surface area contributed by atoms with E-state index in [4.69, 9.17) is 32.7 Å². The highest BCUT2D eigenvalue weighted by Crippen LogP contribution is 2.24. The molecule has 26 heavy (non-hydrogen) atoms. The van der Waals surface area contributed by atoms with Crippen LogP contribution in [0.4, 0.5) is 4.79 Å². The van der Waals surface area contributed by atoms with Gasteiger partial charge >= 0.3 is 6.09 Å². The van der Waals surface area contributed by atoms with E-state index in [9.17, 15) is 9.59 Å². The lowest BCUT2D eigenvalue weighted by molar-refractivity contribution is -0.118. The molecule has 0 saturated carbocycles. The molecule has 1 aromatic rings. The number of nitrogens with one attached hydrogen (secondary N) is 1. The van der Waals surface area contributed by atoms with Crippen molar-refractivity contribution in [2.75, 3.05) is 19.0 Å². The van der Waals surface area contributed by atoms with E-state index in [-0.39, 0.29) is 35.6 Å². The fraction of sp³-hybridized carbons (Fsp3) is 0.588. The lowest BCUT2D eigenvalue weighted by atomic mass is 10.1. The summed E-state index contributed by atoms with van der Waals surface area (Å²) < 4.78 is 11.1. The number of hydrogen-bond donors (Lipinski definition) is 1. The Morgan fingerprint density at radius 3 is 2.73 bits per heavy atom. The zero-order chi connectivity index (χ0) is 19.3. The molecule has 144 valence electrons. The number of halogens is 2. The number of pyridine rings is 1. The first kappa shape index (κ1) is 20.6. The van der Waals surface area contributed by atoms with Crippen LogP contribution in [0.5, 0.6) is 5.75 Å². The number of aromatic nitrogens is 1. The quantitative estimate of drug-likeness (QED) is 0.583. The molecule has 9 heteroatoms. The molecule has 7 nitrogen and oxygen atoms in total. The monoisotopic (exact) mass is 403 g/mol. The van der Waals surface area contributed by atoms with Crippen LogP contribution in [0.3, 0.4) is 0 Å². The van der Waals surface area contributed by atoms with Crippen LogP contribution in [-0.2, 0) is 16.1 Å². The smallest absolute Gasteiger partial charge is 0.410 e. The second kappa shape index (κ2) is 8.77. The van der Waals surface area contributed by atoms with Gasteiger partial charge in [0.2, 0.25) is 5.91 Å². The molecule has 0 aliphatic carbocycles. The van der Waals surface area contributed by atoms with Gasteiger partial charge in [-0.15, -0.1) is 11.6 Å². The van der Waals surface area contributed by atoms with Crippen LogP contribution in [-0.4, -0.2) is 52.6 Å². The number of amides is 2. The predicted octanol–water partition coefficient (Wildman–Crippen LogP) is 2.98. The molecule has 1 N–H and O–H groups in total. The van der Waals surface area contributed by atoms with E-state index in [2.05, 4.69) is 10.3 Å². The zero-order valence-electron chi connectivity index (χ0n) is 15.1. The zero-order valence-corrected chi connectivity index (χ0v) is 16.6. The number of nitrogens with zero attached hydrogens (tertiary/aromatic N) is 2. The minimum atomic E-state index is -0.527. The molecule has 1 aliphatic heterocycles. The Morgan fingerprint density at radius 1 is 1.42 bits per heavy atom. The number of carbonyl (C=O) groups excluding carboxylic acids is 2. The van der Waals surface area contributed by atoms with Crippen molar-refractivity contribution in [2.45, 2.75) is 45.4 Å². The van der Waals surface area contributed by atoms with E-state index in [0.29, 0.717) is 24.5 Å². The molecule has 0 aromatic carbocycles. The van der Waals surface area contributed by atoms with Gasteiger partial charge in [-0.25, -0.2) is 9.78 Å². The number of ether oxygens (including phenoxy) is 2. The van der Waals surface area contributed by atoms with E-state index < -0.39 is 5.60 Å². The Kier molecular flexibility index (Phi) is 6.94. The maximum absolute atomic E-state index is 12.1. The maximum Gasteiger partial charge on any atom is 0.410 e. The summed E-state index contributed by atoms with van der Waals surface area (Å²) in [7, 11) is 0. The topological polar surface area (TPSA) is 80.8 Å². The standard InChI is InChI=1S/C17H23Cl2N3O4/c1-17(2,3)26-16(24)22-5-4-12(22)10-25-13-6-11(15(19)21-9-13)8-20-14(23)7-18/h6,9,12H,4-5,7-8,10H2,1-3H3,(H,20,23)/t12-/m0/s1. The highest BCUT2D eigenvalue weighted by atomic mass is 35.5. The molecule has 2 heterocycles. The van der Waals surface area contributed by atoms with E-state index >= 15 is 0 Å². The van der Waals surface area contributed by atoms with Gasteiger partial charge in [0.1, 0.15) is 29.0 Å². The van der Waals surface area contributed by atoms with Gasteiger partial charge in [-0.1, -0.05) is 11.6 Å². The van der Waals surface area contributed by atoms with Crippen LogP contribution in [0.15, 0.2) is 12.3 Å². The second-order valence-electron chi connectivity index (χ2n) is 6.96. The van der Waals surface area contributed by atoms with Crippen LogP contribution in [0.25, 0.3) is 0 Å². The summed E-state index contributed by atoms with van der Waals surface area (Å²) in [6.07, 6.45) is 2.01. The molecule has 1 aliphatic rings. The number of carbonyl (C=O) groups is 2. The first-order valence-electron chi connectivity index (χ1n) is 8.29. The first-order chi connectivity index (χ1) is 12.2. The fourth-order valence-electron chi connectivity index (χ4n) is 2.28. The lowest BCUT2D eigenvalue weighted by Gasteiger charge is -2.41. The van der Waals surface area contributed by atoms with Crippen LogP contribution < -0.4 is 10.1 Å². The molecule has 1 fully saturated rings. The summed E-state index contributed by atoms with van der Waals surface area (Å²) in [5.74, 6) is 0.0979. The SMILES string of the molecule is CC(C)(C)OC(=O)N1CC[C@H]1COc1cnc(Cl)c(CNC(=O)CCl)c1. The van der Waals surface area contributed by atoms with Crippen molar-refractivity contribution in [3.8, 4) is 5.75 Å². The average Bonchev–Trinajstić information content (AvgIpc) is 2.51. The summed E-state index contributed by atoms with van der Waals surface area (Å²) in [4.78, 5) is 29.1. The van der Waals surface area contributed by atoms with Crippen molar-refractivity contribution in [1.29, 1.82) is 0 Å².